The maximum atomic E-state index is 8.70. The molecule has 1 N–H and O–H groups in total. The summed E-state index contributed by atoms with van der Waals surface area (Å²) in [6.07, 6.45) is 0. The molecule has 0 aliphatic rings. The molecule has 3 heteroatoms. The Balaban J connectivity index is 2.44. The first-order valence-corrected chi connectivity index (χ1v) is 5.52. The van der Waals surface area contributed by atoms with Crippen LogP contribution in [0, 0.1) is 0 Å². The highest BCUT2D eigenvalue weighted by Crippen LogP contribution is 2.25. The van der Waals surface area contributed by atoms with Gasteiger partial charge in [0.05, 0.1) is 5.71 Å². The number of thiophene rings is 1. The lowest BCUT2D eigenvalue weighted by Crippen LogP contribution is -1.93. The number of hydrogen-bond acceptors (Lipinski definition) is 3. The van der Waals surface area contributed by atoms with Gasteiger partial charge in [0, 0.05) is 4.88 Å². The van der Waals surface area contributed by atoms with E-state index in [4.69, 9.17) is 5.21 Å². The molecule has 0 aliphatic carbocycles. The quantitative estimate of drug-likeness (QED) is 0.465. The Kier molecular flexibility index (Phi) is 2.83. The van der Waals surface area contributed by atoms with Crippen LogP contribution in [0.25, 0.3) is 10.4 Å². The van der Waals surface area contributed by atoms with Crippen LogP contribution in [0.3, 0.4) is 0 Å². The van der Waals surface area contributed by atoms with Crippen molar-refractivity contribution in [1.29, 1.82) is 0 Å². The zero-order valence-corrected chi connectivity index (χ0v) is 9.16. The molecule has 0 amide bonds. The van der Waals surface area contributed by atoms with Crippen LogP contribution in [-0.4, -0.2) is 10.9 Å². The third-order valence-corrected chi connectivity index (χ3v) is 3.15. The second kappa shape index (κ2) is 4.28. The summed E-state index contributed by atoms with van der Waals surface area (Å²) >= 11 is 1.70. The molecule has 15 heavy (non-hydrogen) atoms. The van der Waals surface area contributed by atoms with Crippen molar-refractivity contribution in [2.45, 2.75) is 6.92 Å². The van der Waals surface area contributed by atoms with Gasteiger partial charge >= 0.3 is 0 Å². The summed E-state index contributed by atoms with van der Waals surface area (Å²) in [5, 5.41) is 14.0. The molecule has 1 heterocycles. The fraction of sp³-hybridized carbons (Fsp3) is 0.0833. The van der Waals surface area contributed by atoms with Gasteiger partial charge in [-0.15, -0.1) is 11.3 Å². The number of oxime groups is 1. The van der Waals surface area contributed by atoms with Gasteiger partial charge in [-0.25, -0.2) is 0 Å². The highest BCUT2D eigenvalue weighted by molar-refractivity contribution is 7.13. The number of benzene rings is 1. The van der Waals surface area contributed by atoms with Gasteiger partial charge in [0.15, 0.2) is 0 Å². The maximum absolute atomic E-state index is 8.70. The van der Waals surface area contributed by atoms with Gasteiger partial charge in [0.25, 0.3) is 0 Å². The molecule has 2 nitrogen and oxygen atoms in total. The van der Waals surface area contributed by atoms with Gasteiger partial charge in [0.1, 0.15) is 0 Å². The fourth-order valence-electron chi connectivity index (χ4n) is 1.40. The predicted molar refractivity (Wildman–Crippen MR) is 63.8 cm³/mol. The smallest absolute Gasteiger partial charge is 0.0837 e. The predicted octanol–water partition coefficient (Wildman–Crippen LogP) is 3.61. The van der Waals surface area contributed by atoms with Gasteiger partial charge in [-0.2, -0.15) is 0 Å². The fourth-order valence-corrected chi connectivity index (χ4v) is 2.12. The van der Waals surface area contributed by atoms with E-state index in [1.54, 1.807) is 18.3 Å². The molecule has 0 unspecified atom stereocenters. The van der Waals surface area contributed by atoms with Gasteiger partial charge in [-0.05, 0) is 35.6 Å². The van der Waals surface area contributed by atoms with E-state index in [1.807, 2.05) is 24.3 Å². The Hall–Kier alpha value is -1.61. The lowest BCUT2D eigenvalue weighted by Gasteiger charge is -2.01. The summed E-state index contributed by atoms with van der Waals surface area (Å²) in [5.41, 5.74) is 2.74. The third kappa shape index (κ3) is 2.07. The van der Waals surface area contributed by atoms with E-state index < -0.39 is 0 Å². The minimum atomic E-state index is 0.633. The van der Waals surface area contributed by atoms with Crippen molar-refractivity contribution in [1.82, 2.24) is 0 Å². The molecule has 0 bridgehead atoms. The summed E-state index contributed by atoms with van der Waals surface area (Å²) in [5.74, 6) is 0. The Morgan fingerprint density at radius 2 is 2.13 bits per heavy atom. The second-order valence-electron chi connectivity index (χ2n) is 3.24. The highest BCUT2D eigenvalue weighted by atomic mass is 32.1. The van der Waals surface area contributed by atoms with Crippen LogP contribution in [-0.2, 0) is 0 Å². The van der Waals surface area contributed by atoms with E-state index in [0.29, 0.717) is 5.71 Å². The zero-order chi connectivity index (χ0) is 10.7. The van der Waals surface area contributed by atoms with Crippen molar-refractivity contribution in [3.8, 4) is 10.4 Å². The average molecular weight is 217 g/mol. The maximum Gasteiger partial charge on any atom is 0.0837 e. The highest BCUT2D eigenvalue weighted by Gasteiger charge is 2.02. The summed E-state index contributed by atoms with van der Waals surface area (Å²) in [4.78, 5) is 1.22. The van der Waals surface area contributed by atoms with Crippen LogP contribution in [0.5, 0.6) is 0 Å². The molecule has 0 saturated carbocycles. The number of nitrogens with zero attached hydrogens (tertiary/aromatic N) is 1. The van der Waals surface area contributed by atoms with E-state index in [9.17, 15) is 0 Å². The van der Waals surface area contributed by atoms with Crippen LogP contribution >= 0.6 is 11.3 Å². The molecule has 0 atom stereocenters. The molecule has 76 valence electrons. The molecular formula is C12H11NOS. The van der Waals surface area contributed by atoms with Crippen LogP contribution < -0.4 is 0 Å². The monoisotopic (exact) mass is 217 g/mol. The van der Waals surface area contributed by atoms with Crippen molar-refractivity contribution in [2.24, 2.45) is 5.16 Å². The molecule has 0 spiro atoms. The minimum Gasteiger partial charge on any atom is -0.411 e. The first-order chi connectivity index (χ1) is 7.31. The van der Waals surface area contributed by atoms with Crippen molar-refractivity contribution >= 4 is 17.0 Å². The molecule has 2 rings (SSSR count). The Bertz CT molecular complexity index is 474. The van der Waals surface area contributed by atoms with E-state index in [-0.39, 0.29) is 0 Å². The molecule has 2 aromatic rings. The van der Waals surface area contributed by atoms with Gasteiger partial charge in [-0.1, -0.05) is 29.4 Å². The van der Waals surface area contributed by atoms with Crippen molar-refractivity contribution in [3.63, 3.8) is 0 Å². The van der Waals surface area contributed by atoms with Crippen molar-refractivity contribution in [2.75, 3.05) is 0 Å². The first-order valence-electron chi connectivity index (χ1n) is 4.64. The second-order valence-corrected chi connectivity index (χ2v) is 4.19. The summed E-state index contributed by atoms with van der Waals surface area (Å²) in [6.45, 7) is 1.79. The van der Waals surface area contributed by atoms with Crippen LogP contribution in [0.2, 0.25) is 0 Å². The largest absolute Gasteiger partial charge is 0.411 e. The lowest BCUT2D eigenvalue weighted by molar-refractivity contribution is 0.319. The normalized spacial score (nSPS) is 11.7. The molecule has 1 aromatic heterocycles. The molecule has 0 saturated heterocycles. The minimum absolute atomic E-state index is 0.633. The topological polar surface area (TPSA) is 32.6 Å². The molecular weight excluding hydrogens is 206 g/mol. The van der Waals surface area contributed by atoms with Crippen LogP contribution in [0.15, 0.2) is 46.9 Å². The van der Waals surface area contributed by atoms with Gasteiger partial charge in [-0.3, -0.25) is 0 Å². The van der Waals surface area contributed by atoms with Crippen LogP contribution in [0.1, 0.15) is 12.5 Å². The van der Waals surface area contributed by atoms with E-state index in [2.05, 4.69) is 22.7 Å². The Morgan fingerprint density at radius 1 is 1.27 bits per heavy atom. The first kappa shape index (κ1) is 9.93. The molecule has 1 aromatic carbocycles. The SMILES string of the molecule is C/C(=N\O)c1cccc(-c2cccs2)c1. The van der Waals surface area contributed by atoms with Gasteiger partial charge in [0.2, 0.25) is 0 Å². The number of rotatable bonds is 2. The van der Waals surface area contributed by atoms with Crippen molar-refractivity contribution < 1.29 is 5.21 Å². The summed E-state index contributed by atoms with van der Waals surface area (Å²) < 4.78 is 0. The molecule has 0 radical (unpaired) electrons. The average Bonchev–Trinajstić information content (AvgIpc) is 2.82. The lowest BCUT2D eigenvalue weighted by atomic mass is 10.1. The van der Waals surface area contributed by atoms with Gasteiger partial charge < -0.3 is 5.21 Å². The summed E-state index contributed by atoms with van der Waals surface area (Å²) in [6, 6.07) is 12.1. The Morgan fingerprint density at radius 3 is 2.80 bits per heavy atom. The standard InChI is InChI=1S/C12H11NOS/c1-9(13-14)10-4-2-5-11(8-10)12-6-3-7-15-12/h2-8,14H,1H3/b13-9+. The molecule has 0 aliphatic heterocycles. The zero-order valence-electron chi connectivity index (χ0n) is 8.34. The van der Waals surface area contributed by atoms with Crippen molar-refractivity contribution in [3.05, 3.63) is 47.3 Å². The Labute approximate surface area is 92.5 Å². The third-order valence-electron chi connectivity index (χ3n) is 2.24. The van der Waals surface area contributed by atoms with E-state index in [1.165, 1.54) is 4.88 Å². The number of hydrogen-bond donors (Lipinski definition) is 1. The summed E-state index contributed by atoms with van der Waals surface area (Å²) in [7, 11) is 0. The van der Waals surface area contributed by atoms with Crippen LogP contribution in [0.4, 0.5) is 0 Å². The molecule has 0 fully saturated rings. The van der Waals surface area contributed by atoms with E-state index in [0.717, 1.165) is 11.1 Å². The van der Waals surface area contributed by atoms with E-state index >= 15 is 0 Å².